The van der Waals surface area contributed by atoms with Crippen LogP contribution in [0.25, 0.3) is 4.85 Å². The predicted molar refractivity (Wildman–Crippen MR) is 107 cm³/mol. The van der Waals surface area contributed by atoms with Crippen LogP contribution in [0.2, 0.25) is 0 Å². The molecular formula is C23H23N3O2. The number of ether oxygens (including phenoxy) is 1. The molecule has 1 heterocycles. The van der Waals surface area contributed by atoms with Crippen molar-refractivity contribution in [2.24, 2.45) is 0 Å². The fourth-order valence-corrected chi connectivity index (χ4v) is 3.57. The molecule has 0 aliphatic carbocycles. The monoisotopic (exact) mass is 373 g/mol. The molecule has 2 aromatic rings. The van der Waals surface area contributed by atoms with E-state index in [2.05, 4.69) is 29.1 Å². The quantitative estimate of drug-likeness (QED) is 0.713. The third-order valence-corrected chi connectivity index (χ3v) is 5.07. The lowest BCUT2D eigenvalue weighted by atomic mass is 10.0. The van der Waals surface area contributed by atoms with Crippen molar-refractivity contribution < 1.29 is 9.53 Å². The van der Waals surface area contributed by atoms with Gasteiger partial charge in [-0.25, -0.2) is 4.85 Å². The molecule has 0 aromatic heterocycles. The van der Waals surface area contributed by atoms with Gasteiger partial charge in [-0.05, 0) is 51.3 Å². The molecular weight excluding hydrogens is 350 g/mol. The van der Waals surface area contributed by atoms with Crippen LogP contribution < -0.4 is 4.74 Å². The number of aryl methyl sites for hydroxylation is 1. The Bertz CT molecular complexity index is 965. The number of nitriles is 1. The number of nitrogens with zero attached hydrogens (tertiary/aromatic N) is 3. The van der Waals surface area contributed by atoms with Gasteiger partial charge in [0.1, 0.15) is 11.8 Å². The summed E-state index contributed by atoms with van der Waals surface area (Å²) in [5.74, 6) is 0.216. The van der Waals surface area contributed by atoms with Crippen LogP contribution in [0.4, 0.5) is 5.69 Å². The first-order valence-corrected chi connectivity index (χ1v) is 9.34. The average molecular weight is 373 g/mol. The Morgan fingerprint density at radius 3 is 2.64 bits per heavy atom. The van der Waals surface area contributed by atoms with E-state index < -0.39 is 5.60 Å². The molecule has 1 aliphatic heterocycles. The van der Waals surface area contributed by atoms with Crippen LogP contribution >= 0.6 is 0 Å². The topological polar surface area (TPSA) is 57.7 Å². The summed E-state index contributed by atoms with van der Waals surface area (Å²) in [6, 6.07) is 15.0. The number of carbonyl (C=O) groups excluding carboxylic acids is 1. The van der Waals surface area contributed by atoms with Gasteiger partial charge >= 0.3 is 0 Å². The van der Waals surface area contributed by atoms with Gasteiger partial charge in [0, 0.05) is 6.54 Å². The minimum Gasteiger partial charge on any atom is -0.477 e. The highest BCUT2D eigenvalue weighted by molar-refractivity contribution is 5.85. The number of hydrogen-bond acceptors (Lipinski definition) is 3. The number of amides is 1. The van der Waals surface area contributed by atoms with Crippen LogP contribution in [-0.4, -0.2) is 23.0 Å². The lowest BCUT2D eigenvalue weighted by Crippen LogP contribution is -2.48. The molecule has 0 radical (unpaired) electrons. The predicted octanol–water partition coefficient (Wildman–Crippen LogP) is 4.94. The highest BCUT2D eigenvalue weighted by Gasteiger charge is 2.40. The minimum absolute atomic E-state index is 0.0379. The van der Waals surface area contributed by atoms with Gasteiger partial charge in [0.2, 0.25) is 0 Å². The van der Waals surface area contributed by atoms with E-state index in [0.29, 0.717) is 18.0 Å². The maximum atomic E-state index is 13.3. The summed E-state index contributed by atoms with van der Waals surface area (Å²) in [4.78, 5) is 18.5. The number of rotatable bonds is 4. The zero-order valence-corrected chi connectivity index (χ0v) is 16.4. The van der Waals surface area contributed by atoms with Gasteiger partial charge in [-0.2, -0.15) is 5.26 Å². The third-order valence-electron chi connectivity index (χ3n) is 5.07. The molecule has 0 bridgehead atoms. The van der Waals surface area contributed by atoms with Crippen LogP contribution in [0.15, 0.2) is 42.5 Å². The minimum atomic E-state index is -1.13. The Labute approximate surface area is 166 Å². The summed E-state index contributed by atoms with van der Waals surface area (Å²) >= 11 is 0. The normalized spacial score (nSPS) is 16.3. The fraction of sp³-hybridized carbons (Fsp3) is 0.348. The Kier molecular flexibility index (Phi) is 5.38. The standard InChI is InChI=1S/C23H23N3O2/c1-16-7-9-17(10-8-16)20-6-5-13-26(20)22(27)23(2,3)28-21-12-11-19(25-4)14-18(21)15-24/h7-12,14,20H,5-6,13H2,1-3H3. The van der Waals surface area contributed by atoms with Gasteiger partial charge in [0.05, 0.1) is 18.2 Å². The molecule has 5 nitrogen and oxygen atoms in total. The molecule has 2 aromatic carbocycles. The lowest BCUT2D eigenvalue weighted by molar-refractivity contribution is -0.146. The van der Waals surface area contributed by atoms with Crippen molar-refractivity contribution in [1.82, 2.24) is 4.90 Å². The second kappa shape index (κ2) is 7.74. The summed E-state index contributed by atoms with van der Waals surface area (Å²) < 4.78 is 5.98. The SMILES string of the molecule is [C-]#[N+]c1ccc(OC(C)(C)C(=O)N2CCCC2c2ccc(C)cc2)c(C#N)c1. The smallest absolute Gasteiger partial charge is 0.266 e. The van der Waals surface area contributed by atoms with Crippen molar-refractivity contribution in [1.29, 1.82) is 5.26 Å². The molecule has 28 heavy (non-hydrogen) atoms. The molecule has 0 spiro atoms. The van der Waals surface area contributed by atoms with E-state index in [1.54, 1.807) is 26.0 Å². The highest BCUT2D eigenvalue weighted by atomic mass is 16.5. The van der Waals surface area contributed by atoms with Crippen molar-refractivity contribution in [2.45, 2.75) is 45.3 Å². The molecule has 142 valence electrons. The van der Waals surface area contributed by atoms with Crippen LogP contribution in [-0.2, 0) is 4.79 Å². The second-order valence-electron chi connectivity index (χ2n) is 7.58. The van der Waals surface area contributed by atoms with E-state index in [1.165, 1.54) is 11.6 Å². The first-order valence-electron chi connectivity index (χ1n) is 9.34. The molecule has 0 N–H and O–H groups in total. The van der Waals surface area contributed by atoms with Crippen molar-refractivity contribution in [3.05, 3.63) is 70.6 Å². The van der Waals surface area contributed by atoms with Crippen molar-refractivity contribution in [3.8, 4) is 11.8 Å². The number of hydrogen-bond donors (Lipinski definition) is 0. The maximum Gasteiger partial charge on any atom is 0.266 e. The fourth-order valence-electron chi connectivity index (χ4n) is 3.57. The van der Waals surface area contributed by atoms with Gasteiger partial charge < -0.3 is 9.64 Å². The van der Waals surface area contributed by atoms with Gasteiger partial charge in [-0.15, -0.1) is 0 Å². The summed E-state index contributed by atoms with van der Waals surface area (Å²) in [6.07, 6.45) is 1.87. The molecule has 1 unspecified atom stereocenters. The molecule has 1 saturated heterocycles. The first-order chi connectivity index (χ1) is 13.4. The number of likely N-dealkylation sites (tertiary alicyclic amines) is 1. The van der Waals surface area contributed by atoms with Crippen LogP contribution in [0, 0.1) is 24.8 Å². The number of benzene rings is 2. The molecule has 5 heteroatoms. The Balaban J connectivity index is 1.83. The molecule has 1 atom stereocenters. The van der Waals surface area contributed by atoms with E-state index in [-0.39, 0.29) is 17.5 Å². The average Bonchev–Trinajstić information content (AvgIpc) is 3.17. The van der Waals surface area contributed by atoms with Gasteiger partial charge in [-0.3, -0.25) is 4.79 Å². The Hall–Kier alpha value is -3.31. The maximum absolute atomic E-state index is 13.3. The van der Waals surface area contributed by atoms with Crippen LogP contribution in [0.5, 0.6) is 5.75 Å². The lowest BCUT2D eigenvalue weighted by Gasteiger charge is -2.34. The molecule has 1 fully saturated rings. The van der Waals surface area contributed by atoms with Crippen molar-refractivity contribution in [3.63, 3.8) is 0 Å². The van der Waals surface area contributed by atoms with Crippen molar-refractivity contribution in [2.75, 3.05) is 6.54 Å². The van der Waals surface area contributed by atoms with Crippen LogP contribution in [0.1, 0.15) is 49.4 Å². The molecule has 0 saturated carbocycles. The largest absolute Gasteiger partial charge is 0.477 e. The molecule has 1 aliphatic rings. The Morgan fingerprint density at radius 2 is 2.00 bits per heavy atom. The Morgan fingerprint density at radius 1 is 1.29 bits per heavy atom. The molecule has 3 rings (SSSR count). The summed E-state index contributed by atoms with van der Waals surface area (Å²) in [5, 5.41) is 9.37. The third kappa shape index (κ3) is 3.85. The van der Waals surface area contributed by atoms with E-state index in [4.69, 9.17) is 11.3 Å². The second-order valence-corrected chi connectivity index (χ2v) is 7.58. The van der Waals surface area contributed by atoms with E-state index in [1.807, 2.05) is 17.9 Å². The number of carbonyl (C=O) groups is 1. The van der Waals surface area contributed by atoms with Gasteiger partial charge in [-0.1, -0.05) is 35.9 Å². The van der Waals surface area contributed by atoms with E-state index >= 15 is 0 Å². The zero-order valence-electron chi connectivity index (χ0n) is 16.4. The summed E-state index contributed by atoms with van der Waals surface area (Å²) in [6.45, 7) is 13.3. The van der Waals surface area contributed by atoms with Crippen LogP contribution in [0.3, 0.4) is 0 Å². The zero-order chi connectivity index (χ0) is 20.3. The summed E-state index contributed by atoms with van der Waals surface area (Å²) in [5.41, 5.74) is 1.82. The van der Waals surface area contributed by atoms with Crippen molar-refractivity contribution >= 4 is 11.6 Å². The van der Waals surface area contributed by atoms with Gasteiger partial charge in [0.15, 0.2) is 11.3 Å². The molecule has 1 amide bonds. The summed E-state index contributed by atoms with van der Waals surface area (Å²) in [7, 11) is 0. The van der Waals surface area contributed by atoms with Gasteiger partial charge in [0.25, 0.3) is 5.91 Å². The highest BCUT2D eigenvalue weighted by Crippen LogP contribution is 2.35. The van der Waals surface area contributed by atoms with E-state index in [0.717, 1.165) is 18.4 Å². The van der Waals surface area contributed by atoms with E-state index in [9.17, 15) is 10.1 Å². The first kappa shape index (κ1) is 19.5.